The van der Waals surface area contributed by atoms with Crippen molar-refractivity contribution in [1.82, 2.24) is 29.8 Å². The van der Waals surface area contributed by atoms with Crippen LogP contribution < -0.4 is 4.74 Å². The van der Waals surface area contributed by atoms with Gasteiger partial charge in [-0.05, 0) is 18.2 Å². The summed E-state index contributed by atoms with van der Waals surface area (Å²) in [4.78, 5) is 8.18. The van der Waals surface area contributed by atoms with Crippen LogP contribution in [0.15, 0.2) is 73.3 Å². The lowest BCUT2D eigenvalue weighted by Gasteiger charge is -2.06. The van der Waals surface area contributed by atoms with Gasteiger partial charge in [0.2, 0.25) is 5.88 Å². The van der Waals surface area contributed by atoms with E-state index in [-0.39, 0.29) is 29.4 Å². The Balaban J connectivity index is 1.71. The molecule has 0 N–H and O–H groups in total. The second kappa shape index (κ2) is 7.86. The molecule has 152 valence electrons. The Morgan fingerprint density at radius 2 is 1.61 bits per heavy atom. The number of benzene rings is 2. The second-order valence-electron chi connectivity index (χ2n) is 6.59. The minimum absolute atomic E-state index is 0.0645. The fourth-order valence-electron chi connectivity index (χ4n) is 3.25. The molecule has 0 atom stereocenters. The zero-order valence-electron chi connectivity index (χ0n) is 16.0. The predicted octanol–water partition coefficient (Wildman–Crippen LogP) is 4.11. The summed E-state index contributed by atoms with van der Waals surface area (Å²) in [5, 5.41) is 12.5. The van der Waals surface area contributed by atoms with Crippen molar-refractivity contribution in [3.05, 3.63) is 90.6 Å². The third-order valence-corrected chi connectivity index (χ3v) is 4.65. The Morgan fingerprint density at radius 3 is 2.32 bits per heavy atom. The number of hydrogen-bond acceptors (Lipinski definition) is 6. The Bertz CT molecular complexity index is 1370. The quantitative estimate of drug-likeness (QED) is 0.429. The highest BCUT2D eigenvalue weighted by atomic mass is 19.1. The summed E-state index contributed by atoms with van der Waals surface area (Å²) < 4.78 is 36.4. The minimum atomic E-state index is -0.478. The summed E-state index contributed by atoms with van der Waals surface area (Å²) in [5.74, 6) is -0.619. The van der Waals surface area contributed by atoms with E-state index in [1.54, 1.807) is 55.0 Å². The van der Waals surface area contributed by atoms with Crippen LogP contribution in [-0.2, 0) is 6.61 Å². The standard InChI is InChI=1S/C22H14F2N6O/c23-17-7-3-1-5-15(17)20-19-12-27-28-21(16-6-2-4-8-18(16)24)30(19)29-22(20)31-13-14-11-25-9-10-26-14/h1-12H,13H2. The largest absolute Gasteiger partial charge is 0.470 e. The molecule has 3 aromatic heterocycles. The van der Waals surface area contributed by atoms with E-state index >= 15 is 0 Å². The van der Waals surface area contributed by atoms with Gasteiger partial charge in [0, 0.05) is 18.0 Å². The first-order valence-corrected chi connectivity index (χ1v) is 9.34. The molecule has 0 aliphatic heterocycles. The summed E-state index contributed by atoms with van der Waals surface area (Å²) in [6.45, 7) is 0.0645. The van der Waals surface area contributed by atoms with Gasteiger partial charge in [-0.3, -0.25) is 9.97 Å². The average molecular weight is 416 g/mol. The van der Waals surface area contributed by atoms with E-state index in [9.17, 15) is 8.78 Å². The summed E-state index contributed by atoms with van der Waals surface area (Å²) in [5.41, 5.74) is 1.87. The zero-order valence-corrected chi connectivity index (χ0v) is 16.0. The Morgan fingerprint density at radius 1 is 0.871 bits per heavy atom. The minimum Gasteiger partial charge on any atom is -0.470 e. The molecule has 9 heteroatoms. The van der Waals surface area contributed by atoms with Gasteiger partial charge >= 0.3 is 0 Å². The lowest BCUT2D eigenvalue weighted by atomic mass is 10.1. The van der Waals surface area contributed by atoms with Crippen molar-refractivity contribution in [3.63, 3.8) is 0 Å². The van der Waals surface area contributed by atoms with Gasteiger partial charge in [-0.15, -0.1) is 10.2 Å². The van der Waals surface area contributed by atoms with E-state index in [2.05, 4.69) is 25.3 Å². The van der Waals surface area contributed by atoms with E-state index in [1.165, 1.54) is 22.8 Å². The maximum atomic E-state index is 14.7. The van der Waals surface area contributed by atoms with Crippen LogP contribution in [0.1, 0.15) is 5.69 Å². The third kappa shape index (κ3) is 3.46. The van der Waals surface area contributed by atoms with Gasteiger partial charge in [0.15, 0.2) is 5.82 Å². The third-order valence-electron chi connectivity index (χ3n) is 4.65. The summed E-state index contributed by atoms with van der Waals surface area (Å²) in [7, 11) is 0. The van der Waals surface area contributed by atoms with Crippen LogP contribution in [0.25, 0.3) is 28.0 Å². The van der Waals surface area contributed by atoms with Crippen molar-refractivity contribution in [2.24, 2.45) is 0 Å². The number of hydrogen-bond donors (Lipinski definition) is 0. The Hall–Kier alpha value is -4.27. The molecule has 0 bridgehead atoms. The topological polar surface area (TPSA) is 78.1 Å². The van der Waals surface area contributed by atoms with Crippen LogP contribution in [0.2, 0.25) is 0 Å². The first-order chi connectivity index (χ1) is 15.2. The maximum Gasteiger partial charge on any atom is 0.242 e. The molecular formula is C22H14F2N6O. The molecule has 5 aromatic rings. The molecular weight excluding hydrogens is 402 g/mol. The van der Waals surface area contributed by atoms with Gasteiger partial charge < -0.3 is 4.74 Å². The van der Waals surface area contributed by atoms with Crippen LogP contribution in [0.4, 0.5) is 8.78 Å². The van der Waals surface area contributed by atoms with E-state index < -0.39 is 11.6 Å². The van der Waals surface area contributed by atoms with E-state index in [4.69, 9.17) is 4.74 Å². The molecule has 0 amide bonds. The van der Waals surface area contributed by atoms with Gasteiger partial charge in [0.25, 0.3) is 0 Å². The number of nitrogens with zero attached hydrogens (tertiary/aromatic N) is 6. The number of ether oxygens (including phenoxy) is 1. The van der Waals surface area contributed by atoms with Crippen molar-refractivity contribution >= 4 is 5.52 Å². The number of fused-ring (bicyclic) bond motifs is 1. The van der Waals surface area contributed by atoms with E-state index in [0.717, 1.165) is 0 Å². The molecule has 0 unspecified atom stereocenters. The van der Waals surface area contributed by atoms with E-state index in [1.807, 2.05) is 0 Å². The van der Waals surface area contributed by atoms with E-state index in [0.29, 0.717) is 16.8 Å². The molecule has 0 radical (unpaired) electrons. The first kappa shape index (κ1) is 18.7. The highest BCUT2D eigenvalue weighted by molar-refractivity contribution is 5.85. The molecule has 31 heavy (non-hydrogen) atoms. The normalized spacial score (nSPS) is 11.0. The summed E-state index contributed by atoms with van der Waals surface area (Å²) in [6.07, 6.45) is 6.10. The fourth-order valence-corrected chi connectivity index (χ4v) is 3.25. The second-order valence-corrected chi connectivity index (χ2v) is 6.59. The van der Waals surface area contributed by atoms with Crippen LogP contribution in [0, 0.1) is 11.6 Å². The van der Waals surface area contributed by atoms with Crippen molar-refractivity contribution in [2.45, 2.75) is 6.61 Å². The molecule has 0 aliphatic rings. The molecule has 2 aromatic carbocycles. The van der Waals surface area contributed by atoms with Gasteiger partial charge in [-0.1, -0.05) is 30.3 Å². The maximum absolute atomic E-state index is 14.7. The molecule has 5 rings (SSSR count). The monoisotopic (exact) mass is 416 g/mol. The number of aromatic nitrogens is 6. The van der Waals surface area contributed by atoms with Crippen LogP contribution in [0.5, 0.6) is 5.88 Å². The van der Waals surface area contributed by atoms with Crippen LogP contribution in [0.3, 0.4) is 0 Å². The SMILES string of the molecule is Fc1ccccc1-c1c(OCc2cnccn2)nn2c(-c3ccccc3F)nncc12. The summed E-state index contributed by atoms with van der Waals surface area (Å²) >= 11 is 0. The first-order valence-electron chi connectivity index (χ1n) is 9.34. The van der Waals surface area contributed by atoms with Gasteiger partial charge in [-0.2, -0.15) is 5.10 Å². The molecule has 0 fully saturated rings. The van der Waals surface area contributed by atoms with Gasteiger partial charge in [0.1, 0.15) is 23.8 Å². The lowest BCUT2D eigenvalue weighted by molar-refractivity contribution is 0.288. The predicted molar refractivity (Wildman–Crippen MR) is 108 cm³/mol. The molecule has 7 nitrogen and oxygen atoms in total. The Kier molecular flexibility index (Phi) is 4.75. The average Bonchev–Trinajstić information content (AvgIpc) is 3.17. The van der Waals surface area contributed by atoms with Crippen molar-refractivity contribution < 1.29 is 13.5 Å². The van der Waals surface area contributed by atoms with Crippen molar-refractivity contribution in [2.75, 3.05) is 0 Å². The molecule has 0 saturated carbocycles. The number of halogens is 2. The number of rotatable bonds is 5. The summed E-state index contributed by atoms with van der Waals surface area (Å²) in [6, 6.07) is 12.4. The van der Waals surface area contributed by atoms with Crippen molar-refractivity contribution in [3.8, 4) is 28.4 Å². The highest BCUT2D eigenvalue weighted by Crippen LogP contribution is 2.37. The smallest absolute Gasteiger partial charge is 0.242 e. The van der Waals surface area contributed by atoms with Crippen LogP contribution in [-0.4, -0.2) is 29.8 Å². The highest BCUT2D eigenvalue weighted by Gasteiger charge is 2.23. The van der Waals surface area contributed by atoms with Crippen LogP contribution >= 0.6 is 0 Å². The Labute approximate surface area is 175 Å². The molecule has 0 aliphatic carbocycles. The zero-order chi connectivity index (χ0) is 21.2. The molecule has 0 spiro atoms. The van der Waals surface area contributed by atoms with Gasteiger partial charge in [-0.25, -0.2) is 13.3 Å². The lowest BCUT2D eigenvalue weighted by Crippen LogP contribution is -2.02. The van der Waals surface area contributed by atoms with Gasteiger partial charge in [0.05, 0.1) is 29.2 Å². The van der Waals surface area contributed by atoms with Crippen molar-refractivity contribution in [1.29, 1.82) is 0 Å². The fraction of sp³-hybridized carbons (Fsp3) is 0.0455. The molecule has 0 saturated heterocycles. The molecule has 3 heterocycles.